The van der Waals surface area contributed by atoms with Crippen LogP contribution in [-0.2, 0) is 17.9 Å². The first-order chi connectivity index (χ1) is 7.65. The van der Waals surface area contributed by atoms with Crippen molar-refractivity contribution < 1.29 is 4.79 Å². The van der Waals surface area contributed by atoms with Crippen molar-refractivity contribution in [1.29, 1.82) is 0 Å². The molecule has 1 aliphatic rings. The SMILES string of the molecule is C=CC(=O)N(C)c1c(Cl)ccc2c1CNC2. The second-order valence-corrected chi connectivity index (χ2v) is 4.15. The van der Waals surface area contributed by atoms with Gasteiger partial charge in [0.25, 0.3) is 0 Å². The van der Waals surface area contributed by atoms with Crippen LogP contribution in [0.5, 0.6) is 0 Å². The number of amides is 1. The molecule has 0 unspecified atom stereocenters. The summed E-state index contributed by atoms with van der Waals surface area (Å²) in [6.45, 7) is 5.06. The number of nitrogens with zero attached hydrogens (tertiary/aromatic N) is 1. The summed E-state index contributed by atoms with van der Waals surface area (Å²) >= 11 is 6.15. The molecule has 4 heteroatoms. The van der Waals surface area contributed by atoms with E-state index in [-0.39, 0.29) is 5.91 Å². The number of hydrogen-bond acceptors (Lipinski definition) is 2. The Morgan fingerprint density at radius 2 is 2.31 bits per heavy atom. The number of rotatable bonds is 2. The first-order valence-electron chi connectivity index (χ1n) is 5.06. The minimum Gasteiger partial charge on any atom is -0.310 e. The van der Waals surface area contributed by atoms with Gasteiger partial charge in [-0.2, -0.15) is 0 Å². The molecule has 0 radical (unpaired) electrons. The summed E-state index contributed by atoms with van der Waals surface area (Å²) in [5.41, 5.74) is 3.09. The van der Waals surface area contributed by atoms with Gasteiger partial charge in [0.05, 0.1) is 10.7 Å². The van der Waals surface area contributed by atoms with Crippen LogP contribution in [0.4, 0.5) is 5.69 Å². The number of likely N-dealkylation sites (N-methyl/N-ethyl adjacent to an activating group) is 1. The van der Waals surface area contributed by atoms with E-state index in [9.17, 15) is 4.79 Å². The molecule has 1 aromatic carbocycles. The van der Waals surface area contributed by atoms with E-state index in [2.05, 4.69) is 11.9 Å². The molecule has 0 spiro atoms. The molecule has 1 aliphatic heterocycles. The summed E-state index contributed by atoms with van der Waals surface area (Å²) in [5, 5.41) is 3.84. The number of fused-ring (bicyclic) bond motifs is 1. The predicted octanol–water partition coefficient (Wildman–Crippen LogP) is 2.09. The largest absolute Gasteiger partial charge is 0.310 e. The van der Waals surface area contributed by atoms with E-state index in [1.165, 1.54) is 11.6 Å². The third-order valence-electron chi connectivity index (χ3n) is 2.79. The quantitative estimate of drug-likeness (QED) is 0.798. The number of anilines is 1. The maximum absolute atomic E-state index is 11.6. The van der Waals surface area contributed by atoms with Gasteiger partial charge in [0.2, 0.25) is 5.91 Å². The van der Waals surface area contributed by atoms with Gasteiger partial charge in [-0.25, -0.2) is 0 Å². The van der Waals surface area contributed by atoms with Crippen LogP contribution in [0.2, 0.25) is 5.02 Å². The minimum atomic E-state index is -0.151. The van der Waals surface area contributed by atoms with E-state index in [1.807, 2.05) is 12.1 Å². The molecule has 3 nitrogen and oxygen atoms in total. The van der Waals surface area contributed by atoms with Gasteiger partial charge >= 0.3 is 0 Å². The van der Waals surface area contributed by atoms with Crippen molar-refractivity contribution in [2.45, 2.75) is 13.1 Å². The molecule has 1 aromatic rings. The highest BCUT2D eigenvalue weighted by atomic mass is 35.5. The van der Waals surface area contributed by atoms with Gasteiger partial charge < -0.3 is 10.2 Å². The lowest BCUT2D eigenvalue weighted by molar-refractivity contribution is -0.113. The Kier molecular flexibility index (Phi) is 2.99. The van der Waals surface area contributed by atoms with Crippen molar-refractivity contribution >= 4 is 23.2 Å². The maximum Gasteiger partial charge on any atom is 0.250 e. The summed E-state index contributed by atoms with van der Waals surface area (Å²) in [5.74, 6) is -0.151. The zero-order chi connectivity index (χ0) is 11.7. The highest BCUT2D eigenvalue weighted by Crippen LogP contribution is 2.34. The van der Waals surface area contributed by atoms with E-state index in [0.29, 0.717) is 5.02 Å². The Morgan fingerprint density at radius 1 is 1.56 bits per heavy atom. The normalized spacial score (nSPS) is 13.4. The Bertz CT molecular complexity index is 457. The highest BCUT2D eigenvalue weighted by molar-refractivity contribution is 6.34. The summed E-state index contributed by atoms with van der Waals surface area (Å²) in [7, 11) is 1.71. The van der Waals surface area contributed by atoms with E-state index in [1.54, 1.807) is 11.9 Å². The Hall–Kier alpha value is -1.32. The van der Waals surface area contributed by atoms with Gasteiger partial charge in [0.15, 0.2) is 0 Å². The number of carbonyl (C=O) groups excluding carboxylic acids is 1. The fourth-order valence-electron chi connectivity index (χ4n) is 1.94. The third kappa shape index (κ3) is 1.72. The zero-order valence-corrected chi connectivity index (χ0v) is 9.84. The van der Waals surface area contributed by atoms with E-state index in [0.717, 1.165) is 24.3 Å². The molecule has 0 saturated carbocycles. The Morgan fingerprint density at radius 3 is 3.00 bits per heavy atom. The third-order valence-corrected chi connectivity index (χ3v) is 3.09. The van der Waals surface area contributed by atoms with Gasteiger partial charge in [-0.05, 0) is 23.3 Å². The summed E-state index contributed by atoms with van der Waals surface area (Å²) in [6, 6.07) is 3.82. The lowest BCUT2D eigenvalue weighted by Gasteiger charge is -2.20. The van der Waals surface area contributed by atoms with Crippen LogP contribution < -0.4 is 10.2 Å². The Labute approximate surface area is 99.7 Å². The second kappa shape index (κ2) is 4.28. The molecule has 0 aliphatic carbocycles. The van der Waals surface area contributed by atoms with Crippen LogP contribution in [0.1, 0.15) is 11.1 Å². The van der Waals surface area contributed by atoms with E-state index >= 15 is 0 Å². The second-order valence-electron chi connectivity index (χ2n) is 3.74. The summed E-state index contributed by atoms with van der Waals surface area (Å²) in [4.78, 5) is 13.1. The number of nitrogens with one attached hydrogen (secondary N) is 1. The molecule has 1 N–H and O–H groups in total. The van der Waals surface area contributed by atoms with E-state index < -0.39 is 0 Å². The lowest BCUT2D eigenvalue weighted by atomic mass is 10.1. The van der Waals surface area contributed by atoms with E-state index in [4.69, 9.17) is 11.6 Å². The van der Waals surface area contributed by atoms with Crippen LogP contribution in [0.15, 0.2) is 24.8 Å². The van der Waals surface area contributed by atoms with Gasteiger partial charge in [-0.1, -0.05) is 24.2 Å². The lowest BCUT2D eigenvalue weighted by Crippen LogP contribution is -2.25. The first-order valence-corrected chi connectivity index (χ1v) is 5.44. The van der Waals surface area contributed by atoms with Crippen molar-refractivity contribution in [3.05, 3.63) is 40.9 Å². The van der Waals surface area contributed by atoms with Crippen molar-refractivity contribution in [2.24, 2.45) is 0 Å². The molecule has 0 atom stereocenters. The standard InChI is InChI=1S/C12H13ClN2O/c1-3-11(16)15(2)12-9-7-14-6-8(9)4-5-10(12)13/h3-5,14H,1,6-7H2,2H3. The van der Waals surface area contributed by atoms with Crippen molar-refractivity contribution in [2.75, 3.05) is 11.9 Å². The van der Waals surface area contributed by atoms with Crippen LogP contribution >= 0.6 is 11.6 Å². The minimum absolute atomic E-state index is 0.151. The monoisotopic (exact) mass is 236 g/mol. The molecule has 1 heterocycles. The smallest absolute Gasteiger partial charge is 0.250 e. The molecular formula is C12H13ClN2O. The topological polar surface area (TPSA) is 32.3 Å². The summed E-state index contributed by atoms with van der Waals surface area (Å²) < 4.78 is 0. The number of halogens is 1. The first kappa shape index (κ1) is 11.2. The number of benzene rings is 1. The Balaban J connectivity index is 2.51. The fourth-order valence-corrected chi connectivity index (χ4v) is 2.25. The van der Waals surface area contributed by atoms with Crippen LogP contribution in [0.3, 0.4) is 0 Å². The average molecular weight is 237 g/mol. The molecule has 0 aromatic heterocycles. The fraction of sp³-hybridized carbons (Fsp3) is 0.250. The van der Waals surface area contributed by atoms with Crippen molar-refractivity contribution in [3.8, 4) is 0 Å². The van der Waals surface area contributed by atoms with Gasteiger partial charge in [0, 0.05) is 20.1 Å². The molecule has 1 amide bonds. The predicted molar refractivity (Wildman–Crippen MR) is 65.6 cm³/mol. The van der Waals surface area contributed by atoms with Gasteiger partial charge in [0.1, 0.15) is 0 Å². The van der Waals surface area contributed by atoms with Crippen molar-refractivity contribution in [1.82, 2.24) is 5.32 Å². The molecule has 0 bridgehead atoms. The number of hydrogen-bond donors (Lipinski definition) is 1. The van der Waals surface area contributed by atoms with Gasteiger partial charge in [-0.3, -0.25) is 4.79 Å². The maximum atomic E-state index is 11.6. The molecule has 84 valence electrons. The highest BCUT2D eigenvalue weighted by Gasteiger charge is 2.21. The van der Waals surface area contributed by atoms with Gasteiger partial charge in [-0.15, -0.1) is 0 Å². The molecule has 2 rings (SSSR count). The number of carbonyl (C=O) groups is 1. The molecule has 16 heavy (non-hydrogen) atoms. The average Bonchev–Trinajstić information content (AvgIpc) is 2.75. The molecular weight excluding hydrogens is 224 g/mol. The summed E-state index contributed by atoms with van der Waals surface area (Å²) in [6.07, 6.45) is 1.29. The zero-order valence-electron chi connectivity index (χ0n) is 9.09. The van der Waals surface area contributed by atoms with Crippen LogP contribution in [-0.4, -0.2) is 13.0 Å². The van der Waals surface area contributed by atoms with Crippen LogP contribution in [0.25, 0.3) is 0 Å². The van der Waals surface area contributed by atoms with Crippen LogP contribution in [0, 0.1) is 0 Å². The van der Waals surface area contributed by atoms with Crippen molar-refractivity contribution in [3.63, 3.8) is 0 Å². The molecule has 0 saturated heterocycles. The molecule has 0 fully saturated rings.